The standard InChI is InChI=1S/C47H31N/c1-3-14-32(15-4-1)34-17-13-20-36(30-34)48(35-18-5-2-6-19-35)37-27-28-40-39-22-9-11-24-42(39)47(45(40)31-37)43-25-12-10-23-41(43)46-38-21-8-7-16-33(38)26-29-44(46)47/h1-31H. The van der Waals surface area contributed by atoms with Crippen LogP contribution in [0.4, 0.5) is 17.1 Å². The molecule has 0 saturated carbocycles. The van der Waals surface area contributed by atoms with Gasteiger partial charge in [-0.3, -0.25) is 0 Å². The highest BCUT2D eigenvalue weighted by atomic mass is 15.1. The second kappa shape index (κ2) is 10.4. The van der Waals surface area contributed by atoms with Crippen LogP contribution in [0, 0.1) is 0 Å². The average Bonchev–Trinajstić information content (AvgIpc) is 3.63. The molecule has 2 aliphatic carbocycles. The summed E-state index contributed by atoms with van der Waals surface area (Å²) in [5.74, 6) is 0. The van der Waals surface area contributed by atoms with E-state index in [9.17, 15) is 0 Å². The summed E-state index contributed by atoms with van der Waals surface area (Å²) in [6, 6.07) is 69.2. The molecule has 0 aliphatic heterocycles. The Labute approximate surface area is 281 Å². The van der Waals surface area contributed by atoms with E-state index in [1.54, 1.807) is 0 Å². The van der Waals surface area contributed by atoms with Gasteiger partial charge in [-0.05, 0) is 103 Å². The van der Waals surface area contributed by atoms with Gasteiger partial charge in [-0.1, -0.05) is 152 Å². The largest absolute Gasteiger partial charge is 0.310 e. The van der Waals surface area contributed by atoms with Crippen LogP contribution in [-0.4, -0.2) is 0 Å². The van der Waals surface area contributed by atoms with Crippen molar-refractivity contribution in [3.05, 3.63) is 210 Å². The van der Waals surface area contributed by atoms with Crippen molar-refractivity contribution in [2.75, 3.05) is 4.90 Å². The number of hydrogen-bond acceptors (Lipinski definition) is 1. The molecular formula is C47H31N. The first-order chi connectivity index (χ1) is 23.8. The van der Waals surface area contributed by atoms with E-state index in [-0.39, 0.29) is 0 Å². The van der Waals surface area contributed by atoms with E-state index >= 15 is 0 Å². The van der Waals surface area contributed by atoms with Crippen molar-refractivity contribution in [1.29, 1.82) is 0 Å². The maximum Gasteiger partial charge on any atom is 0.0726 e. The molecule has 0 N–H and O–H groups in total. The van der Waals surface area contributed by atoms with Crippen LogP contribution < -0.4 is 4.90 Å². The highest BCUT2D eigenvalue weighted by Gasteiger charge is 2.52. The molecule has 0 radical (unpaired) electrons. The third kappa shape index (κ3) is 3.73. The number of para-hydroxylation sites is 1. The fourth-order valence-corrected chi connectivity index (χ4v) is 8.51. The van der Waals surface area contributed by atoms with Gasteiger partial charge >= 0.3 is 0 Å². The van der Waals surface area contributed by atoms with Crippen molar-refractivity contribution in [2.45, 2.75) is 5.41 Å². The highest BCUT2D eigenvalue weighted by molar-refractivity contribution is 6.06. The molecule has 48 heavy (non-hydrogen) atoms. The van der Waals surface area contributed by atoms with Gasteiger partial charge in [0.15, 0.2) is 0 Å². The van der Waals surface area contributed by atoms with E-state index in [1.807, 2.05) is 0 Å². The van der Waals surface area contributed by atoms with Crippen LogP contribution in [0.1, 0.15) is 22.3 Å². The maximum atomic E-state index is 2.47. The van der Waals surface area contributed by atoms with E-state index in [0.717, 1.165) is 17.1 Å². The van der Waals surface area contributed by atoms with Gasteiger partial charge in [-0.15, -0.1) is 0 Å². The lowest BCUT2D eigenvalue weighted by molar-refractivity contribution is 0.794. The van der Waals surface area contributed by atoms with E-state index in [1.165, 1.54) is 66.4 Å². The van der Waals surface area contributed by atoms with E-state index in [4.69, 9.17) is 0 Å². The average molecular weight is 610 g/mol. The fourth-order valence-electron chi connectivity index (χ4n) is 8.51. The van der Waals surface area contributed by atoms with Gasteiger partial charge in [-0.2, -0.15) is 0 Å². The summed E-state index contributed by atoms with van der Waals surface area (Å²) in [7, 11) is 0. The van der Waals surface area contributed by atoms with Gasteiger partial charge in [-0.25, -0.2) is 0 Å². The molecule has 224 valence electrons. The van der Waals surface area contributed by atoms with Gasteiger partial charge in [0, 0.05) is 17.1 Å². The number of benzene rings is 8. The quantitative estimate of drug-likeness (QED) is 0.192. The lowest BCUT2D eigenvalue weighted by Gasteiger charge is -2.32. The molecule has 8 aromatic carbocycles. The van der Waals surface area contributed by atoms with Crippen molar-refractivity contribution in [3.8, 4) is 33.4 Å². The Kier molecular flexibility index (Phi) is 5.86. The molecule has 1 unspecified atom stereocenters. The van der Waals surface area contributed by atoms with Crippen LogP contribution in [0.2, 0.25) is 0 Å². The molecule has 10 rings (SSSR count). The predicted octanol–water partition coefficient (Wildman–Crippen LogP) is 12.3. The number of fused-ring (bicyclic) bond motifs is 12. The number of hydrogen-bond donors (Lipinski definition) is 0. The zero-order chi connectivity index (χ0) is 31.7. The molecule has 1 heteroatoms. The van der Waals surface area contributed by atoms with Crippen molar-refractivity contribution in [2.24, 2.45) is 0 Å². The zero-order valence-corrected chi connectivity index (χ0v) is 26.3. The third-order valence-corrected chi connectivity index (χ3v) is 10.4. The first-order valence-corrected chi connectivity index (χ1v) is 16.7. The molecule has 1 nitrogen and oxygen atoms in total. The summed E-state index contributed by atoms with van der Waals surface area (Å²) in [6.45, 7) is 0. The van der Waals surface area contributed by atoms with E-state index in [2.05, 4.69) is 193 Å². The van der Waals surface area contributed by atoms with Crippen molar-refractivity contribution in [3.63, 3.8) is 0 Å². The molecule has 0 aromatic heterocycles. The smallest absolute Gasteiger partial charge is 0.0726 e. The van der Waals surface area contributed by atoms with Crippen LogP contribution in [0.15, 0.2) is 188 Å². The summed E-state index contributed by atoms with van der Waals surface area (Å²) in [4.78, 5) is 2.41. The highest BCUT2D eigenvalue weighted by Crippen LogP contribution is 2.64. The van der Waals surface area contributed by atoms with Gasteiger partial charge in [0.05, 0.1) is 5.41 Å². The lowest BCUT2D eigenvalue weighted by atomic mass is 9.70. The minimum absolute atomic E-state index is 0.424. The third-order valence-electron chi connectivity index (χ3n) is 10.4. The minimum Gasteiger partial charge on any atom is -0.310 e. The number of anilines is 3. The Morgan fingerprint density at radius 2 is 0.938 bits per heavy atom. The summed E-state index contributed by atoms with van der Waals surface area (Å²) < 4.78 is 0. The summed E-state index contributed by atoms with van der Waals surface area (Å²) in [6.07, 6.45) is 0. The summed E-state index contributed by atoms with van der Waals surface area (Å²) in [5, 5.41) is 2.59. The Morgan fingerprint density at radius 1 is 0.333 bits per heavy atom. The second-order valence-electron chi connectivity index (χ2n) is 12.9. The van der Waals surface area contributed by atoms with Crippen LogP contribution in [0.25, 0.3) is 44.2 Å². The van der Waals surface area contributed by atoms with Crippen molar-refractivity contribution >= 4 is 27.8 Å². The van der Waals surface area contributed by atoms with Crippen LogP contribution in [0.3, 0.4) is 0 Å². The van der Waals surface area contributed by atoms with Crippen molar-refractivity contribution < 1.29 is 0 Å². The molecule has 8 aromatic rings. The molecular weight excluding hydrogens is 579 g/mol. The van der Waals surface area contributed by atoms with Gasteiger partial charge in [0.2, 0.25) is 0 Å². The van der Waals surface area contributed by atoms with Crippen LogP contribution in [0.5, 0.6) is 0 Å². The molecule has 0 saturated heterocycles. The van der Waals surface area contributed by atoms with Gasteiger partial charge in [0.1, 0.15) is 0 Å². The lowest BCUT2D eigenvalue weighted by Crippen LogP contribution is -2.26. The Bertz CT molecular complexity index is 2510. The second-order valence-corrected chi connectivity index (χ2v) is 12.9. The summed E-state index contributed by atoms with van der Waals surface area (Å²) >= 11 is 0. The Balaban J connectivity index is 1.26. The molecule has 1 spiro atoms. The van der Waals surface area contributed by atoms with E-state index < -0.39 is 5.41 Å². The molecule has 2 aliphatic rings. The number of nitrogens with zero attached hydrogens (tertiary/aromatic N) is 1. The van der Waals surface area contributed by atoms with E-state index in [0.29, 0.717) is 0 Å². The monoisotopic (exact) mass is 609 g/mol. The van der Waals surface area contributed by atoms with Crippen LogP contribution in [-0.2, 0) is 5.41 Å². The predicted molar refractivity (Wildman–Crippen MR) is 200 cm³/mol. The molecule has 0 bridgehead atoms. The first-order valence-electron chi connectivity index (χ1n) is 16.7. The Hall–Kier alpha value is -6.18. The summed E-state index contributed by atoms with van der Waals surface area (Å²) in [5.41, 5.74) is 16.1. The first kappa shape index (κ1) is 27.0. The maximum absolute atomic E-state index is 2.47. The van der Waals surface area contributed by atoms with Crippen molar-refractivity contribution in [1.82, 2.24) is 0 Å². The molecule has 0 fully saturated rings. The van der Waals surface area contributed by atoms with Crippen LogP contribution >= 0.6 is 0 Å². The molecule has 0 heterocycles. The normalized spacial score (nSPS) is 15.2. The van der Waals surface area contributed by atoms with Gasteiger partial charge < -0.3 is 4.90 Å². The Morgan fingerprint density at radius 3 is 1.77 bits per heavy atom. The van der Waals surface area contributed by atoms with Gasteiger partial charge in [0.25, 0.3) is 0 Å². The minimum atomic E-state index is -0.424. The topological polar surface area (TPSA) is 3.24 Å². The molecule has 0 amide bonds. The SMILES string of the molecule is c1ccc(-c2cccc(N(c3ccccc3)c3ccc4c(c3)C3(c5ccccc5-4)c4ccccc4-c4c3ccc3ccccc43)c2)cc1. The zero-order valence-electron chi connectivity index (χ0n) is 26.3. The molecule has 1 atom stereocenters. The fraction of sp³-hybridized carbons (Fsp3) is 0.0213. The number of rotatable bonds is 4.